The monoisotopic (exact) mass is 272 g/mol. The summed E-state index contributed by atoms with van der Waals surface area (Å²) in [5.74, 6) is -0.266. The Morgan fingerprint density at radius 3 is 3.00 bits per heavy atom. The van der Waals surface area contributed by atoms with Crippen LogP contribution in [-0.2, 0) is 16.1 Å². The second-order valence-electron chi connectivity index (χ2n) is 3.14. The van der Waals surface area contributed by atoms with Crippen molar-refractivity contribution in [1.29, 1.82) is 0 Å². The van der Waals surface area contributed by atoms with E-state index in [2.05, 4.69) is 31.0 Å². The van der Waals surface area contributed by atoms with E-state index in [0.29, 0.717) is 6.54 Å². The van der Waals surface area contributed by atoms with E-state index in [0.717, 1.165) is 10.0 Å². The molecule has 0 amide bonds. The summed E-state index contributed by atoms with van der Waals surface area (Å²) in [4.78, 5) is 15.1. The summed E-state index contributed by atoms with van der Waals surface area (Å²) in [5, 5.41) is 3.04. The van der Waals surface area contributed by atoms with Crippen LogP contribution >= 0.6 is 15.9 Å². The zero-order valence-electron chi connectivity index (χ0n) is 8.66. The fraction of sp³-hybridized carbons (Fsp3) is 0.400. The Kier molecular flexibility index (Phi) is 4.71. The number of nitrogens with zero attached hydrogens (tertiary/aromatic N) is 1. The normalized spacial score (nSPS) is 12.2. The third-order valence-electron chi connectivity index (χ3n) is 1.93. The van der Waals surface area contributed by atoms with Crippen LogP contribution in [0, 0.1) is 0 Å². The van der Waals surface area contributed by atoms with Crippen molar-refractivity contribution in [2.45, 2.75) is 19.5 Å². The molecule has 0 radical (unpaired) electrons. The number of nitrogens with one attached hydrogen (secondary N) is 1. The standard InChI is InChI=1S/C10H13BrN2O2/c1-7(10(14)15-2)13-5-8-3-9(11)6-12-4-8/h3-4,6-7,13H,5H2,1-2H3. The molecule has 1 aromatic heterocycles. The van der Waals surface area contributed by atoms with Crippen LogP contribution in [0.15, 0.2) is 22.9 Å². The Balaban J connectivity index is 2.47. The molecule has 82 valence electrons. The van der Waals surface area contributed by atoms with E-state index in [1.807, 2.05) is 6.07 Å². The molecule has 0 aliphatic carbocycles. The van der Waals surface area contributed by atoms with Gasteiger partial charge < -0.3 is 10.1 Å². The molecule has 1 aromatic rings. The zero-order valence-corrected chi connectivity index (χ0v) is 10.2. The number of rotatable bonds is 4. The number of carbonyl (C=O) groups excluding carboxylic acids is 1. The summed E-state index contributed by atoms with van der Waals surface area (Å²) in [6, 6.07) is 1.64. The highest BCUT2D eigenvalue weighted by atomic mass is 79.9. The SMILES string of the molecule is COC(=O)C(C)NCc1cncc(Br)c1. The Bertz CT molecular complexity index is 344. The Morgan fingerprint density at radius 2 is 2.40 bits per heavy atom. The maximum atomic E-state index is 11.1. The molecule has 15 heavy (non-hydrogen) atoms. The first kappa shape index (κ1) is 12.1. The summed E-state index contributed by atoms with van der Waals surface area (Å²) < 4.78 is 5.52. The van der Waals surface area contributed by atoms with Crippen molar-refractivity contribution in [3.05, 3.63) is 28.5 Å². The van der Waals surface area contributed by atoms with Crippen molar-refractivity contribution in [2.24, 2.45) is 0 Å². The van der Waals surface area contributed by atoms with E-state index in [1.165, 1.54) is 7.11 Å². The van der Waals surface area contributed by atoms with Gasteiger partial charge in [0.15, 0.2) is 0 Å². The molecule has 0 saturated heterocycles. The molecule has 1 rings (SSSR count). The predicted molar refractivity (Wildman–Crippen MR) is 60.3 cm³/mol. The van der Waals surface area contributed by atoms with Gasteiger partial charge in [-0.3, -0.25) is 9.78 Å². The van der Waals surface area contributed by atoms with Gasteiger partial charge in [0.25, 0.3) is 0 Å². The lowest BCUT2D eigenvalue weighted by molar-refractivity contribution is -0.142. The van der Waals surface area contributed by atoms with E-state index in [-0.39, 0.29) is 12.0 Å². The molecule has 5 heteroatoms. The number of hydrogen-bond donors (Lipinski definition) is 1. The Hall–Kier alpha value is -0.940. The second kappa shape index (κ2) is 5.82. The molecule has 0 aliphatic heterocycles. The molecule has 0 saturated carbocycles. The van der Waals surface area contributed by atoms with Crippen LogP contribution in [0.2, 0.25) is 0 Å². The first-order chi connectivity index (χ1) is 7.13. The largest absolute Gasteiger partial charge is 0.468 e. The number of hydrogen-bond acceptors (Lipinski definition) is 4. The summed E-state index contributed by atoms with van der Waals surface area (Å²) in [7, 11) is 1.38. The van der Waals surface area contributed by atoms with E-state index in [4.69, 9.17) is 0 Å². The van der Waals surface area contributed by atoms with Crippen LogP contribution in [0.1, 0.15) is 12.5 Å². The third-order valence-corrected chi connectivity index (χ3v) is 2.36. The van der Waals surface area contributed by atoms with Gasteiger partial charge in [0, 0.05) is 23.4 Å². The molecule has 0 fully saturated rings. The van der Waals surface area contributed by atoms with E-state index in [9.17, 15) is 4.79 Å². The average Bonchev–Trinajstić information content (AvgIpc) is 2.25. The van der Waals surface area contributed by atoms with Gasteiger partial charge >= 0.3 is 5.97 Å². The maximum Gasteiger partial charge on any atom is 0.322 e. The fourth-order valence-corrected chi connectivity index (χ4v) is 1.50. The molecular weight excluding hydrogens is 260 g/mol. The summed E-state index contributed by atoms with van der Waals surface area (Å²) in [5.41, 5.74) is 1.01. The highest BCUT2D eigenvalue weighted by molar-refractivity contribution is 9.10. The van der Waals surface area contributed by atoms with Gasteiger partial charge in [0.1, 0.15) is 6.04 Å². The average molecular weight is 273 g/mol. The quantitative estimate of drug-likeness (QED) is 0.844. The van der Waals surface area contributed by atoms with Crippen molar-refractivity contribution in [3.8, 4) is 0 Å². The number of pyridine rings is 1. The molecule has 1 heterocycles. The first-order valence-electron chi connectivity index (χ1n) is 4.54. The minimum atomic E-state index is -0.311. The van der Waals surface area contributed by atoms with Gasteiger partial charge in [-0.1, -0.05) is 0 Å². The Morgan fingerprint density at radius 1 is 1.67 bits per heavy atom. The topological polar surface area (TPSA) is 51.2 Å². The second-order valence-corrected chi connectivity index (χ2v) is 4.05. The minimum Gasteiger partial charge on any atom is -0.468 e. The number of aromatic nitrogens is 1. The number of methoxy groups -OCH3 is 1. The van der Waals surface area contributed by atoms with Gasteiger partial charge in [-0.2, -0.15) is 0 Å². The number of halogens is 1. The van der Waals surface area contributed by atoms with Gasteiger partial charge in [-0.05, 0) is 34.5 Å². The molecule has 1 unspecified atom stereocenters. The summed E-state index contributed by atoms with van der Waals surface area (Å²) >= 11 is 3.33. The van der Waals surface area contributed by atoms with Gasteiger partial charge in [0.05, 0.1) is 7.11 Å². The number of ether oxygens (including phenoxy) is 1. The van der Waals surface area contributed by atoms with E-state index in [1.54, 1.807) is 19.3 Å². The van der Waals surface area contributed by atoms with Gasteiger partial charge in [0.2, 0.25) is 0 Å². The van der Waals surface area contributed by atoms with Crippen molar-refractivity contribution in [3.63, 3.8) is 0 Å². The van der Waals surface area contributed by atoms with Crippen molar-refractivity contribution < 1.29 is 9.53 Å². The zero-order chi connectivity index (χ0) is 11.3. The smallest absolute Gasteiger partial charge is 0.322 e. The molecular formula is C10H13BrN2O2. The molecule has 0 aromatic carbocycles. The van der Waals surface area contributed by atoms with E-state index < -0.39 is 0 Å². The van der Waals surface area contributed by atoms with Crippen molar-refractivity contribution in [1.82, 2.24) is 10.3 Å². The van der Waals surface area contributed by atoms with Crippen LogP contribution in [0.25, 0.3) is 0 Å². The summed E-state index contributed by atoms with van der Waals surface area (Å²) in [6.45, 7) is 2.35. The lowest BCUT2D eigenvalue weighted by Crippen LogP contribution is -2.34. The molecule has 0 spiro atoms. The van der Waals surface area contributed by atoms with Gasteiger partial charge in [-0.15, -0.1) is 0 Å². The van der Waals surface area contributed by atoms with Crippen LogP contribution in [-0.4, -0.2) is 24.1 Å². The fourth-order valence-electron chi connectivity index (χ4n) is 1.08. The van der Waals surface area contributed by atoms with Crippen molar-refractivity contribution >= 4 is 21.9 Å². The highest BCUT2D eigenvalue weighted by Crippen LogP contribution is 2.09. The molecule has 4 nitrogen and oxygen atoms in total. The lowest BCUT2D eigenvalue weighted by atomic mass is 10.2. The maximum absolute atomic E-state index is 11.1. The van der Waals surface area contributed by atoms with Crippen LogP contribution in [0.4, 0.5) is 0 Å². The lowest BCUT2D eigenvalue weighted by Gasteiger charge is -2.11. The first-order valence-corrected chi connectivity index (χ1v) is 5.33. The molecule has 0 bridgehead atoms. The van der Waals surface area contributed by atoms with Crippen LogP contribution in [0.5, 0.6) is 0 Å². The molecule has 1 N–H and O–H groups in total. The summed E-state index contributed by atoms with van der Waals surface area (Å²) in [6.07, 6.45) is 3.47. The number of carbonyl (C=O) groups is 1. The minimum absolute atomic E-state index is 0.266. The third kappa shape index (κ3) is 3.97. The van der Waals surface area contributed by atoms with Crippen LogP contribution in [0.3, 0.4) is 0 Å². The molecule has 0 aliphatic rings. The Labute approximate surface area is 97.2 Å². The predicted octanol–water partition coefficient (Wildman–Crippen LogP) is 1.50. The van der Waals surface area contributed by atoms with E-state index >= 15 is 0 Å². The van der Waals surface area contributed by atoms with Crippen LogP contribution < -0.4 is 5.32 Å². The van der Waals surface area contributed by atoms with Crippen molar-refractivity contribution in [2.75, 3.05) is 7.11 Å². The molecule has 1 atom stereocenters. The van der Waals surface area contributed by atoms with Gasteiger partial charge in [-0.25, -0.2) is 0 Å². The highest BCUT2D eigenvalue weighted by Gasteiger charge is 2.11. The number of esters is 1.